The zero-order chi connectivity index (χ0) is 8.55. The molecule has 1 aromatic heterocycles. The van der Waals surface area contributed by atoms with E-state index in [-0.39, 0.29) is 6.04 Å². The first kappa shape index (κ1) is 7.76. The van der Waals surface area contributed by atoms with Crippen molar-refractivity contribution in [3.05, 3.63) is 18.0 Å². The van der Waals surface area contributed by atoms with Gasteiger partial charge in [0.2, 0.25) is 0 Å². The molecular formula is C8H13N3O. The predicted octanol–water partition coefficient (Wildman–Crippen LogP) is 0.474. The number of rotatable bonds is 2. The lowest BCUT2D eigenvalue weighted by atomic mass is 10.2. The standard InChI is InChI=1S/C8H13N3O/c1-6(9)7-2-10-11(3-7)8-4-12-5-8/h2-3,6,8H,4-5,9H2,1H3. The summed E-state index contributed by atoms with van der Waals surface area (Å²) in [5.74, 6) is 0. The van der Waals surface area contributed by atoms with Crippen LogP contribution in [0.2, 0.25) is 0 Å². The maximum absolute atomic E-state index is 5.70. The van der Waals surface area contributed by atoms with Crippen LogP contribution in [-0.2, 0) is 4.74 Å². The number of nitrogens with zero attached hydrogens (tertiary/aromatic N) is 2. The van der Waals surface area contributed by atoms with E-state index >= 15 is 0 Å². The Morgan fingerprint density at radius 1 is 1.75 bits per heavy atom. The third-order valence-corrected chi connectivity index (χ3v) is 2.14. The number of nitrogens with two attached hydrogens (primary N) is 1. The average Bonchev–Trinajstić information content (AvgIpc) is 2.32. The average molecular weight is 167 g/mol. The van der Waals surface area contributed by atoms with Gasteiger partial charge in [0.15, 0.2) is 0 Å². The maximum Gasteiger partial charge on any atom is 0.0985 e. The Morgan fingerprint density at radius 2 is 2.50 bits per heavy atom. The molecule has 0 spiro atoms. The van der Waals surface area contributed by atoms with Crippen LogP contribution in [-0.4, -0.2) is 23.0 Å². The molecule has 1 unspecified atom stereocenters. The Bertz CT molecular complexity index is 265. The van der Waals surface area contributed by atoms with Crippen molar-refractivity contribution in [2.45, 2.75) is 19.0 Å². The molecule has 4 nitrogen and oxygen atoms in total. The van der Waals surface area contributed by atoms with Crippen molar-refractivity contribution in [1.82, 2.24) is 9.78 Å². The van der Waals surface area contributed by atoms with Crippen LogP contribution >= 0.6 is 0 Å². The van der Waals surface area contributed by atoms with Gasteiger partial charge in [-0.15, -0.1) is 0 Å². The molecule has 0 aromatic carbocycles. The van der Waals surface area contributed by atoms with Crippen LogP contribution in [0, 0.1) is 0 Å². The fraction of sp³-hybridized carbons (Fsp3) is 0.625. The number of hydrogen-bond donors (Lipinski definition) is 1. The van der Waals surface area contributed by atoms with Crippen molar-refractivity contribution < 1.29 is 4.74 Å². The molecule has 0 saturated carbocycles. The highest BCUT2D eigenvalue weighted by atomic mass is 16.5. The summed E-state index contributed by atoms with van der Waals surface area (Å²) in [6, 6.07) is 0.497. The maximum atomic E-state index is 5.70. The monoisotopic (exact) mass is 167 g/mol. The summed E-state index contributed by atoms with van der Waals surface area (Å²) in [4.78, 5) is 0. The molecule has 66 valence electrons. The Labute approximate surface area is 71.3 Å². The second-order valence-electron chi connectivity index (χ2n) is 3.23. The van der Waals surface area contributed by atoms with E-state index in [0.717, 1.165) is 18.8 Å². The summed E-state index contributed by atoms with van der Waals surface area (Å²) in [5, 5.41) is 4.22. The Morgan fingerprint density at radius 3 is 2.92 bits per heavy atom. The van der Waals surface area contributed by atoms with Crippen LogP contribution in [0.15, 0.2) is 12.4 Å². The molecule has 0 aliphatic carbocycles. The van der Waals surface area contributed by atoms with Gasteiger partial charge in [-0.1, -0.05) is 0 Å². The van der Waals surface area contributed by atoms with Crippen molar-refractivity contribution in [1.29, 1.82) is 0 Å². The van der Waals surface area contributed by atoms with E-state index in [0.29, 0.717) is 6.04 Å². The van der Waals surface area contributed by atoms with E-state index in [4.69, 9.17) is 10.5 Å². The molecule has 12 heavy (non-hydrogen) atoms. The fourth-order valence-corrected chi connectivity index (χ4v) is 1.16. The molecular weight excluding hydrogens is 154 g/mol. The molecule has 2 N–H and O–H groups in total. The lowest BCUT2D eigenvalue weighted by molar-refractivity contribution is -0.0286. The smallest absolute Gasteiger partial charge is 0.0985 e. The Hall–Kier alpha value is -0.870. The topological polar surface area (TPSA) is 53.1 Å². The lowest BCUT2D eigenvalue weighted by Crippen LogP contribution is -2.30. The first-order valence-electron chi connectivity index (χ1n) is 4.15. The van der Waals surface area contributed by atoms with E-state index in [1.807, 2.05) is 24.0 Å². The lowest BCUT2D eigenvalue weighted by Gasteiger charge is -2.25. The van der Waals surface area contributed by atoms with Gasteiger partial charge in [-0.05, 0) is 6.92 Å². The molecule has 0 bridgehead atoms. The summed E-state index contributed by atoms with van der Waals surface area (Å²) in [6.07, 6.45) is 3.82. The van der Waals surface area contributed by atoms with Gasteiger partial charge in [-0.2, -0.15) is 5.10 Å². The third kappa shape index (κ3) is 1.23. The first-order chi connectivity index (χ1) is 5.77. The van der Waals surface area contributed by atoms with E-state index in [2.05, 4.69) is 5.10 Å². The normalized spacial score (nSPS) is 20.5. The molecule has 1 fully saturated rings. The van der Waals surface area contributed by atoms with Crippen molar-refractivity contribution in [3.8, 4) is 0 Å². The highest BCUT2D eigenvalue weighted by molar-refractivity contribution is 5.09. The minimum absolute atomic E-state index is 0.0692. The van der Waals surface area contributed by atoms with Gasteiger partial charge in [0, 0.05) is 17.8 Å². The van der Waals surface area contributed by atoms with Crippen molar-refractivity contribution in [2.75, 3.05) is 13.2 Å². The molecule has 4 heteroatoms. The molecule has 2 heterocycles. The van der Waals surface area contributed by atoms with Crippen molar-refractivity contribution in [3.63, 3.8) is 0 Å². The summed E-state index contributed by atoms with van der Waals surface area (Å²) in [6.45, 7) is 3.51. The Balaban J connectivity index is 2.12. The van der Waals surface area contributed by atoms with Gasteiger partial charge < -0.3 is 10.5 Å². The summed E-state index contributed by atoms with van der Waals surface area (Å²) >= 11 is 0. The number of aromatic nitrogens is 2. The van der Waals surface area contributed by atoms with E-state index < -0.39 is 0 Å². The van der Waals surface area contributed by atoms with Crippen LogP contribution in [0.1, 0.15) is 24.6 Å². The van der Waals surface area contributed by atoms with E-state index in [1.54, 1.807) is 0 Å². The summed E-state index contributed by atoms with van der Waals surface area (Å²) in [7, 11) is 0. The minimum atomic E-state index is 0.0692. The SMILES string of the molecule is CC(N)c1cnn(C2COC2)c1. The van der Waals surface area contributed by atoms with Gasteiger partial charge >= 0.3 is 0 Å². The van der Waals surface area contributed by atoms with Gasteiger partial charge in [0.25, 0.3) is 0 Å². The highest BCUT2D eigenvalue weighted by Gasteiger charge is 2.21. The van der Waals surface area contributed by atoms with E-state index in [9.17, 15) is 0 Å². The van der Waals surface area contributed by atoms with Crippen LogP contribution in [0.5, 0.6) is 0 Å². The molecule has 1 saturated heterocycles. The zero-order valence-electron chi connectivity index (χ0n) is 7.10. The zero-order valence-corrected chi connectivity index (χ0v) is 7.10. The molecule has 1 aliphatic rings. The van der Waals surface area contributed by atoms with Gasteiger partial charge in [-0.25, -0.2) is 0 Å². The highest BCUT2D eigenvalue weighted by Crippen LogP contribution is 2.17. The van der Waals surface area contributed by atoms with Crippen LogP contribution in [0.25, 0.3) is 0 Å². The first-order valence-corrected chi connectivity index (χ1v) is 4.15. The minimum Gasteiger partial charge on any atom is -0.377 e. The second kappa shape index (κ2) is 2.88. The van der Waals surface area contributed by atoms with Crippen LogP contribution in [0.4, 0.5) is 0 Å². The van der Waals surface area contributed by atoms with Gasteiger partial charge in [0.05, 0.1) is 25.5 Å². The fourth-order valence-electron chi connectivity index (χ4n) is 1.16. The van der Waals surface area contributed by atoms with Crippen molar-refractivity contribution in [2.24, 2.45) is 5.73 Å². The number of ether oxygens (including phenoxy) is 1. The summed E-state index contributed by atoms with van der Waals surface area (Å²) < 4.78 is 7.00. The third-order valence-electron chi connectivity index (χ3n) is 2.14. The van der Waals surface area contributed by atoms with Crippen LogP contribution in [0.3, 0.4) is 0 Å². The molecule has 0 amide bonds. The van der Waals surface area contributed by atoms with Gasteiger partial charge in [-0.3, -0.25) is 4.68 Å². The second-order valence-corrected chi connectivity index (χ2v) is 3.23. The Kier molecular flexibility index (Phi) is 1.86. The number of hydrogen-bond acceptors (Lipinski definition) is 3. The van der Waals surface area contributed by atoms with Crippen LogP contribution < -0.4 is 5.73 Å². The molecule has 2 rings (SSSR count). The quantitative estimate of drug-likeness (QED) is 0.696. The molecule has 1 atom stereocenters. The van der Waals surface area contributed by atoms with E-state index in [1.165, 1.54) is 0 Å². The molecule has 1 aliphatic heterocycles. The van der Waals surface area contributed by atoms with Crippen molar-refractivity contribution >= 4 is 0 Å². The van der Waals surface area contributed by atoms with Gasteiger partial charge in [0.1, 0.15) is 0 Å². The molecule has 0 radical (unpaired) electrons. The molecule has 1 aromatic rings. The summed E-state index contributed by atoms with van der Waals surface area (Å²) in [5.41, 5.74) is 6.79. The largest absolute Gasteiger partial charge is 0.377 e. The predicted molar refractivity (Wildman–Crippen MR) is 44.7 cm³/mol.